The first-order valence-corrected chi connectivity index (χ1v) is 7.44. The number of fused-ring (bicyclic) bond motifs is 1. The van der Waals surface area contributed by atoms with Crippen molar-refractivity contribution in [1.29, 1.82) is 0 Å². The molecule has 0 saturated heterocycles. The Labute approximate surface area is 128 Å². The van der Waals surface area contributed by atoms with Gasteiger partial charge in [-0.1, -0.05) is 6.92 Å². The molecule has 2 heterocycles. The molecule has 0 aliphatic rings. The highest BCUT2D eigenvalue weighted by Crippen LogP contribution is 2.10. The van der Waals surface area contributed by atoms with Crippen LogP contribution in [0.5, 0.6) is 0 Å². The highest BCUT2D eigenvalue weighted by Gasteiger charge is 2.18. The smallest absolute Gasteiger partial charge is 0.332 e. The number of aromatic nitrogens is 4. The molecule has 0 bridgehead atoms. The highest BCUT2D eigenvalue weighted by atomic mass is 16.5. The molecule has 0 amide bonds. The molecule has 0 spiro atoms. The van der Waals surface area contributed by atoms with E-state index in [0.29, 0.717) is 50.2 Å². The minimum Gasteiger partial charge on any atom is -0.383 e. The molecular weight excluding hydrogens is 286 g/mol. The fourth-order valence-electron chi connectivity index (χ4n) is 2.55. The van der Waals surface area contributed by atoms with E-state index in [-0.39, 0.29) is 11.2 Å². The van der Waals surface area contributed by atoms with E-state index in [2.05, 4.69) is 4.98 Å². The van der Waals surface area contributed by atoms with Gasteiger partial charge in [0.15, 0.2) is 11.2 Å². The van der Waals surface area contributed by atoms with Crippen molar-refractivity contribution in [2.24, 2.45) is 12.8 Å². The zero-order valence-corrected chi connectivity index (χ0v) is 13.3. The average molecular weight is 309 g/mol. The Kier molecular flexibility index (Phi) is 5.15. The number of nitrogens with zero attached hydrogens (tertiary/aromatic N) is 4. The predicted octanol–water partition coefficient (Wildman–Crippen LogP) is -0.546. The van der Waals surface area contributed by atoms with E-state index in [4.69, 9.17) is 10.5 Å². The maximum atomic E-state index is 12.6. The van der Waals surface area contributed by atoms with Crippen LogP contribution in [0.1, 0.15) is 19.2 Å². The van der Waals surface area contributed by atoms with Crippen LogP contribution in [0.15, 0.2) is 9.59 Å². The molecule has 8 heteroatoms. The van der Waals surface area contributed by atoms with Gasteiger partial charge in [-0.15, -0.1) is 0 Å². The van der Waals surface area contributed by atoms with Gasteiger partial charge >= 0.3 is 5.69 Å². The minimum atomic E-state index is -0.358. The van der Waals surface area contributed by atoms with Gasteiger partial charge in [0.05, 0.1) is 13.2 Å². The number of hydrogen-bond acceptors (Lipinski definition) is 5. The second-order valence-corrected chi connectivity index (χ2v) is 5.14. The van der Waals surface area contributed by atoms with Crippen LogP contribution in [0.2, 0.25) is 0 Å². The second kappa shape index (κ2) is 6.89. The standard InChI is InChI=1S/C14H23N5O3/c1-4-10-16-12-11(17(10)2)13(20)19(7-5-6-15)14(21)18(12)8-9-22-3/h4-9,15H2,1-3H3. The lowest BCUT2D eigenvalue weighted by atomic mass is 10.4. The van der Waals surface area contributed by atoms with Crippen molar-refractivity contribution in [1.82, 2.24) is 18.7 Å². The second-order valence-electron chi connectivity index (χ2n) is 5.14. The minimum absolute atomic E-state index is 0.309. The summed E-state index contributed by atoms with van der Waals surface area (Å²) in [5, 5.41) is 0. The number of ether oxygens (including phenoxy) is 1. The van der Waals surface area contributed by atoms with E-state index < -0.39 is 0 Å². The molecule has 22 heavy (non-hydrogen) atoms. The van der Waals surface area contributed by atoms with Gasteiger partial charge in [0.25, 0.3) is 5.56 Å². The van der Waals surface area contributed by atoms with Gasteiger partial charge in [0, 0.05) is 27.1 Å². The zero-order chi connectivity index (χ0) is 16.3. The van der Waals surface area contributed by atoms with Gasteiger partial charge in [-0.2, -0.15) is 0 Å². The van der Waals surface area contributed by atoms with Crippen LogP contribution in [0.3, 0.4) is 0 Å². The fraction of sp³-hybridized carbons (Fsp3) is 0.643. The molecule has 0 aromatic carbocycles. The molecule has 0 aliphatic heterocycles. The molecule has 2 N–H and O–H groups in total. The number of imidazole rings is 1. The topological polar surface area (TPSA) is 97.1 Å². The Balaban J connectivity index is 2.77. The summed E-state index contributed by atoms with van der Waals surface area (Å²) < 4.78 is 9.58. The fourth-order valence-corrected chi connectivity index (χ4v) is 2.55. The van der Waals surface area contributed by atoms with E-state index in [0.717, 1.165) is 5.82 Å². The Morgan fingerprint density at radius 1 is 1.23 bits per heavy atom. The Hall–Kier alpha value is -1.93. The quantitative estimate of drug-likeness (QED) is 0.740. The Morgan fingerprint density at radius 3 is 2.55 bits per heavy atom. The third-order valence-corrected chi connectivity index (χ3v) is 3.76. The third-order valence-electron chi connectivity index (χ3n) is 3.76. The summed E-state index contributed by atoms with van der Waals surface area (Å²) in [6, 6.07) is 0. The molecule has 0 aliphatic carbocycles. The van der Waals surface area contributed by atoms with Crippen molar-refractivity contribution in [2.45, 2.75) is 32.9 Å². The predicted molar refractivity (Wildman–Crippen MR) is 84.2 cm³/mol. The number of rotatable bonds is 7. The summed E-state index contributed by atoms with van der Waals surface area (Å²) in [5.41, 5.74) is 5.71. The van der Waals surface area contributed by atoms with Crippen molar-refractivity contribution in [2.75, 3.05) is 20.3 Å². The maximum absolute atomic E-state index is 12.6. The summed E-state index contributed by atoms with van der Waals surface area (Å²) >= 11 is 0. The van der Waals surface area contributed by atoms with E-state index >= 15 is 0 Å². The third kappa shape index (κ3) is 2.71. The number of methoxy groups -OCH3 is 1. The average Bonchev–Trinajstić information content (AvgIpc) is 2.84. The maximum Gasteiger partial charge on any atom is 0.332 e. The summed E-state index contributed by atoms with van der Waals surface area (Å²) in [4.78, 5) is 29.7. The highest BCUT2D eigenvalue weighted by molar-refractivity contribution is 5.71. The normalized spacial score (nSPS) is 11.5. The van der Waals surface area contributed by atoms with E-state index in [1.165, 1.54) is 9.13 Å². The molecule has 0 fully saturated rings. The van der Waals surface area contributed by atoms with Crippen molar-refractivity contribution in [3.63, 3.8) is 0 Å². The van der Waals surface area contributed by atoms with Crippen LogP contribution >= 0.6 is 0 Å². The molecule has 2 aromatic heterocycles. The van der Waals surface area contributed by atoms with Gasteiger partial charge < -0.3 is 15.0 Å². The first-order valence-electron chi connectivity index (χ1n) is 7.44. The molecule has 8 nitrogen and oxygen atoms in total. The van der Waals surface area contributed by atoms with E-state index in [1.54, 1.807) is 18.7 Å². The lowest BCUT2D eigenvalue weighted by Crippen LogP contribution is -2.41. The molecule has 0 radical (unpaired) electrons. The molecule has 0 unspecified atom stereocenters. The van der Waals surface area contributed by atoms with Crippen molar-refractivity contribution < 1.29 is 4.74 Å². The molecule has 2 aromatic rings. The van der Waals surface area contributed by atoms with Crippen LogP contribution < -0.4 is 17.0 Å². The lowest BCUT2D eigenvalue weighted by Gasteiger charge is -2.11. The van der Waals surface area contributed by atoms with Gasteiger partial charge in [-0.05, 0) is 13.0 Å². The summed E-state index contributed by atoms with van der Waals surface area (Å²) in [7, 11) is 3.37. The SMILES string of the molecule is CCc1nc2c(c(=O)n(CCCN)c(=O)n2CCOC)n1C. The first kappa shape index (κ1) is 16.4. The summed E-state index contributed by atoms with van der Waals surface area (Å²) in [6.45, 7) is 3.43. The summed E-state index contributed by atoms with van der Waals surface area (Å²) in [5.74, 6) is 0.772. The molecule has 122 valence electrons. The van der Waals surface area contributed by atoms with Gasteiger partial charge in [0.1, 0.15) is 5.82 Å². The van der Waals surface area contributed by atoms with Crippen molar-refractivity contribution >= 4 is 11.2 Å². The van der Waals surface area contributed by atoms with Gasteiger partial charge in [-0.25, -0.2) is 9.78 Å². The molecule has 0 atom stereocenters. The van der Waals surface area contributed by atoms with Crippen LogP contribution in [-0.4, -0.2) is 38.9 Å². The lowest BCUT2D eigenvalue weighted by molar-refractivity contribution is 0.186. The molecule has 2 rings (SSSR count). The Bertz CT molecular complexity index is 771. The number of nitrogens with two attached hydrogens (primary N) is 1. The summed E-state index contributed by atoms with van der Waals surface area (Å²) in [6.07, 6.45) is 1.26. The largest absolute Gasteiger partial charge is 0.383 e. The van der Waals surface area contributed by atoms with Crippen LogP contribution in [0.4, 0.5) is 0 Å². The van der Waals surface area contributed by atoms with E-state index in [1.807, 2.05) is 6.92 Å². The van der Waals surface area contributed by atoms with Crippen molar-refractivity contribution in [3.8, 4) is 0 Å². The first-order chi connectivity index (χ1) is 10.6. The van der Waals surface area contributed by atoms with Gasteiger partial charge in [-0.3, -0.25) is 13.9 Å². The van der Waals surface area contributed by atoms with Crippen LogP contribution in [0, 0.1) is 0 Å². The molecule has 0 saturated carbocycles. The number of aryl methyl sites for hydroxylation is 2. The van der Waals surface area contributed by atoms with Crippen LogP contribution in [-0.2, 0) is 31.3 Å². The monoisotopic (exact) mass is 309 g/mol. The van der Waals surface area contributed by atoms with Crippen LogP contribution in [0.25, 0.3) is 11.2 Å². The van der Waals surface area contributed by atoms with Crippen molar-refractivity contribution in [3.05, 3.63) is 26.7 Å². The van der Waals surface area contributed by atoms with Gasteiger partial charge in [0.2, 0.25) is 0 Å². The number of hydrogen-bond donors (Lipinski definition) is 1. The molecular formula is C14H23N5O3. The van der Waals surface area contributed by atoms with E-state index in [9.17, 15) is 9.59 Å². The zero-order valence-electron chi connectivity index (χ0n) is 13.3. The Morgan fingerprint density at radius 2 is 1.95 bits per heavy atom.